The molecule has 124 valence electrons. The third-order valence-electron chi connectivity index (χ3n) is 3.96. The summed E-state index contributed by atoms with van der Waals surface area (Å²) >= 11 is 0. The largest absolute Gasteiger partial charge is 0.497 e. The van der Waals surface area contributed by atoms with E-state index in [0.29, 0.717) is 5.56 Å². The summed E-state index contributed by atoms with van der Waals surface area (Å²) in [7, 11) is 1.60. The van der Waals surface area contributed by atoms with Gasteiger partial charge in [0.15, 0.2) is 0 Å². The van der Waals surface area contributed by atoms with Crippen LogP contribution in [0.3, 0.4) is 0 Å². The van der Waals surface area contributed by atoms with Crippen LogP contribution in [0.2, 0.25) is 0 Å². The van der Waals surface area contributed by atoms with E-state index < -0.39 is 5.97 Å². The van der Waals surface area contributed by atoms with Crippen molar-refractivity contribution in [3.05, 3.63) is 48.3 Å². The lowest BCUT2D eigenvalue weighted by atomic mass is 10.1. The standard InChI is InChI=1S/C18H18N2O4/c1-24-16-6-2-12(3-7-16)13-8-14(10-19-9-13)18(23)20(11-17(21)22)15-4-5-15/h2-3,6-10,15H,4-5,11H2,1H3,(H,21,22). The van der Waals surface area contributed by atoms with Gasteiger partial charge in [0, 0.05) is 24.0 Å². The fourth-order valence-corrected chi connectivity index (χ4v) is 2.56. The molecule has 0 unspecified atom stereocenters. The molecule has 0 saturated heterocycles. The number of methoxy groups -OCH3 is 1. The van der Waals surface area contributed by atoms with E-state index in [-0.39, 0.29) is 18.5 Å². The maximum atomic E-state index is 12.6. The van der Waals surface area contributed by atoms with Gasteiger partial charge in [0.2, 0.25) is 0 Å². The van der Waals surface area contributed by atoms with Gasteiger partial charge in [-0.2, -0.15) is 0 Å². The highest BCUT2D eigenvalue weighted by Gasteiger charge is 2.34. The number of aliphatic carboxylic acids is 1. The van der Waals surface area contributed by atoms with E-state index in [4.69, 9.17) is 9.84 Å². The molecule has 1 fully saturated rings. The second kappa shape index (κ2) is 6.70. The number of nitrogens with zero attached hydrogens (tertiary/aromatic N) is 2. The van der Waals surface area contributed by atoms with E-state index in [9.17, 15) is 9.59 Å². The average molecular weight is 326 g/mol. The van der Waals surface area contributed by atoms with Crippen LogP contribution in [0.4, 0.5) is 0 Å². The average Bonchev–Trinajstić information content (AvgIpc) is 3.44. The zero-order chi connectivity index (χ0) is 17.1. The molecule has 0 radical (unpaired) electrons. The fraction of sp³-hybridized carbons (Fsp3) is 0.278. The Balaban J connectivity index is 1.85. The number of rotatable bonds is 6. The molecule has 6 nitrogen and oxygen atoms in total. The molecule has 2 aromatic rings. The Morgan fingerprint density at radius 3 is 2.50 bits per heavy atom. The maximum Gasteiger partial charge on any atom is 0.323 e. The summed E-state index contributed by atoms with van der Waals surface area (Å²) < 4.78 is 5.14. The molecule has 1 aliphatic rings. The van der Waals surface area contributed by atoms with Gasteiger partial charge >= 0.3 is 5.97 Å². The fourth-order valence-electron chi connectivity index (χ4n) is 2.56. The predicted octanol–water partition coefficient (Wildman–Crippen LogP) is 2.45. The first-order chi connectivity index (χ1) is 11.6. The van der Waals surface area contributed by atoms with Gasteiger partial charge in [-0.1, -0.05) is 12.1 Å². The van der Waals surface area contributed by atoms with Gasteiger partial charge in [-0.05, 0) is 36.6 Å². The summed E-state index contributed by atoms with van der Waals surface area (Å²) in [5.41, 5.74) is 2.11. The first-order valence-electron chi connectivity index (χ1n) is 7.70. The van der Waals surface area contributed by atoms with Crippen molar-refractivity contribution in [2.24, 2.45) is 0 Å². The van der Waals surface area contributed by atoms with E-state index in [1.54, 1.807) is 19.4 Å². The molecule has 0 bridgehead atoms. The van der Waals surface area contributed by atoms with Crippen LogP contribution in [0.5, 0.6) is 5.75 Å². The SMILES string of the molecule is COc1ccc(-c2cncc(C(=O)N(CC(=O)O)C3CC3)c2)cc1. The van der Waals surface area contributed by atoms with Gasteiger partial charge < -0.3 is 14.7 Å². The number of hydrogen-bond donors (Lipinski definition) is 1. The van der Waals surface area contributed by atoms with Gasteiger partial charge in [0.1, 0.15) is 12.3 Å². The highest BCUT2D eigenvalue weighted by molar-refractivity contribution is 5.97. The van der Waals surface area contributed by atoms with Crippen molar-refractivity contribution >= 4 is 11.9 Å². The molecule has 1 aliphatic carbocycles. The van der Waals surface area contributed by atoms with Crippen molar-refractivity contribution in [3.63, 3.8) is 0 Å². The first kappa shape index (κ1) is 16.0. The molecule has 1 N–H and O–H groups in total. The lowest BCUT2D eigenvalue weighted by Crippen LogP contribution is -2.37. The zero-order valence-corrected chi connectivity index (χ0v) is 13.3. The number of aromatic nitrogens is 1. The zero-order valence-electron chi connectivity index (χ0n) is 13.3. The molecular formula is C18H18N2O4. The van der Waals surface area contributed by atoms with Crippen molar-refractivity contribution < 1.29 is 19.4 Å². The Morgan fingerprint density at radius 1 is 1.21 bits per heavy atom. The summed E-state index contributed by atoms with van der Waals surface area (Å²) in [6.45, 7) is -0.281. The Bertz CT molecular complexity index is 754. The van der Waals surface area contributed by atoms with Crippen LogP contribution in [0.1, 0.15) is 23.2 Å². The Hall–Kier alpha value is -2.89. The van der Waals surface area contributed by atoms with Crippen LogP contribution >= 0.6 is 0 Å². The van der Waals surface area contributed by atoms with Gasteiger partial charge in [-0.15, -0.1) is 0 Å². The second-order valence-electron chi connectivity index (χ2n) is 5.75. The Kier molecular flexibility index (Phi) is 4.46. The number of carbonyl (C=O) groups is 2. The van der Waals surface area contributed by atoms with Gasteiger partial charge in [-0.25, -0.2) is 0 Å². The van der Waals surface area contributed by atoms with Crippen molar-refractivity contribution in [3.8, 4) is 16.9 Å². The lowest BCUT2D eigenvalue weighted by molar-refractivity contribution is -0.137. The van der Waals surface area contributed by atoms with Crippen molar-refractivity contribution in [1.82, 2.24) is 9.88 Å². The van der Waals surface area contributed by atoms with Gasteiger partial charge in [0.05, 0.1) is 12.7 Å². The molecule has 1 amide bonds. The molecule has 1 heterocycles. The van der Waals surface area contributed by atoms with E-state index in [0.717, 1.165) is 29.7 Å². The first-order valence-corrected chi connectivity index (χ1v) is 7.70. The molecule has 24 heavy (non-hydrogen) atoms. The molecule has 0 aliphatic heterocycles. The quantitative estimate of drug-likeness (QED) is 0.882. The van der Waals surface area contributed by atoms with Crippen molar-refractivity contribution in [2.45, 2.75) is 18.9 Å². The molecule has 1 saturated carbocycles. The van der Waals surface area contributed by atoms with Crippen LogP contribution in [-0.2, 0) is 4.79 Å². The normalized spacial score (nSPS) is 13.4. The third kappa shape index (κ3) is 3.53. The van der Waals surface area contributed by atoms with Crippen LogP contribution < -0.4 is 4.74 Å². The highest BCUT2D eigenvalue weighted by Crippen LogP contribution is 2.29. The van der Waals surface area contributed by atoms with Crippen molar-refractivity contribution in [2.75, 3.05) is 13.7 Å². The summed E-state index contributed by atoms with van der Waals surface area (Å²) in [5, 5.41) is 9.02. The molecule has 1 aromatic heterocycles. The topological polar surface area (TPSA) is 79.7 Å². The Morgan fingerprint density at radius 2 is 1.92 bits per heavy atom. The maximum absolute atomic E-state index is 12.6. The van der Waals surface area contributed by atoms with E-state index in [1.165, 1.54) is 11.1 Å². The molecule has 3 rings (SSSR count). The minimum Gasteiger partial charge on any atom is -0.497 e. The second-order valence-corrected chi connectivity index (χ2v) is 5.75. The van der Waals surface area contributed by atoms with Crippen LogP contribution in [0.25, 0.3) is 11.1 Å². The lowest BCUT2D eigenvalue weighted by Gasteiger charge is -2.20. The molecule has 0 atom stereocenters. The van der Waals surface area contributed by atoms with Gasteiger partial charge in [0.25, 0.3) is 5.91 Å². The van der Waals surface area contributed by atoms with Gasteiger partial charge in [-0.3, -0.25) is 14.6 Å². The highest BCUT2D eigenvalue weighted by atomic mass is 16.5. The molecule has 6 heteroatoms. The number of hydrogen-bond acceptors (Lipinski definition) is 4. The molecular weight excluding hydrogens is 308 g/mol. The molecule has 1 aromatic carbocycles. The number of benzene rings is 1. The van der Waals surface area contributed by atoms with Crippen molar-refractivity contribution in [1.29, 1.82) is 0 Å². The van der Waals surface area contributed by atoms with E-state index in [2.05, 4.69) is 4.98 Å². The van der Waals surface area contributed by atoms with Crippen LogP contribution in [0, 0.1) is 0 Å². The minimum absolute atomic E-state index is 0.0262. The number of ether oxygens (including phenoxy) is 1. The Labute approximate surface area is 139 Å². The summed E-state index contributed by atoms with van der Waals surface area (Å²) in [4.78, 5) is 29.2. The number of carbonyl (C=O) groups excluding carboxylic acids is 1. The van der Waals surface area contributed by atoms with E-state index >= 15 is 0 Å². The number of pyridine rings is 1. The summed E-state index contributed by atoms with van der Waals surface area (Å²) in [6.07, 6.45) is 4.86. The van der Waals surface area contributed by atoms with E-state index in [1.807, 2.05) is 24.3 Å². The smallest absolute Gasteiger partial charge is 0.323 e. The number of amides is 1. The van der Waals surface area contributed by atoms with Crippen LogP contribution in [-0.4, -0.2) is 46.6 Å². The minimum atomic E-state index is -1.01. The predicted molar refractivity (Wildman–Crippen MR) is 87.9 cm³/mol. The number of carboxylic acids is 1. The number of carboxylic acid groups (broad SMARTS) is 1. The third-order valence-corrected chi connectivity index (χ3v) is 3.96. The summed E-state index contributed by atoms with van der Waals surface area (Å²) in [6, 6.07) is 9.22. The molecule has 0 spiro atoms. The van der Waals surface area contributed by atoms with Crippen LogP contribution in [0.15, 0.2) is 42.7 Å². The monoisotopic (exact) mass is 326 g/mol. The summed E-state index contributed by atoms with van der Waals surface area (Å²) in [5.74, 6) is -0.544.